The van der Waals surface area contributed by atoms with Crippen molar-refractivity contribution < 1.29 is 5.11 Å². The highest BCUT2D eigenvalue weighted by molar-refractivity contribution is 5.83. The van der Waals surface area contributed by atoms with E-state index in [-0.39, 0.29) is 0 Å². The Bertz CT molecular complexity index is 1100. The lowest BCUT2D eigenvalue weighted by Gasteiger charge is -2.36. The number of hydrogen-bond donors (Lipinski definition) is 1. The summed E-state index contributed by atoms with van der Waals surface area (Å²) in [5.41, 5.74) is 3.17. The van der Waals surface area contributed by atoms with Gasteiger partial charge in [-0.3, -0.25) is 0 Å². The van der Waals surface area contributed by atoms with E-state index in [0.717, 1.165) is 43.4 Å². The van der Waals surface area contributed by atoms with Gasteiger partial charge in [0.25, 0.3) is 0 Å². The first-order chi connectivity index (χ1) is 13.8. The molecule has 0 unspecified atom stereocenters. The number of rotatable bonds is 3. The molecule has 1 fully saturated rings. The third-order valence-electron chi connectivity index (χ3n) is 5.02. The van der Waals surface area contributed by atoms with Crippen molar-refractivity contribution in [3.63, 3.8) is 0 Å². The van der Waals surface area contributed by atoms with Crippen LogP contribution >= 0.6 is 0 Å². The number of phenolic OH excluding ortho intramolecular Hbond substituents is 1. The number of phenols is 1. The molecule has 0 aliphatic carbocycles. The molecule has 0 atom stereocenters. The van der Waals surface area contributed by atoms with Gasteiger partial charge in [0.1, 0.15) is 12.1 Å². The fraction of sp³-hybridized carbons (Fsp3) is 0.200. The van der Waals surface area contributed by atoms with Gasteiger partial charge in [0.2, 0.25) is 0 Å². The van der Waals surface area contributed by atoms with E-state index < -0.39 is 0 Å². The molecule has 1 saturated heterocycles. The van der Waals surface area contributed by atoms with Gasteiger partial charge < -0.3 is 14.9 Å². The van der Waals surface area contributed by atoms with E-state index in [0.29, 0.717) is 16.9 Å². The molecular formula is C20H19N7O. The molecule has 0 bridgehead atoms. The Balaban J connectivity index is 1.42. The number of aromatic hydroxyl groups is 1. The Morgan fingerprint density at radius 1 is 0.786 bits per heavy atom. The number of benzene rings is 2. The number of para-hydroxylation sites is 3. The second kappa shape index (κ2) is 6.80. The smallest absolute Gasteiger partial charge is 0.189 e. The molecule has 4 aromatic rings. The third-order valence-corrected chi connectivity index (χ3v) is 5.02. The average molecular weight is 373 g/mol. The van der Waals surface area contributed by atoms with Crippen molar-refractivity contribution in [2.75, 3.05) is 36.0 Å². The molecule has 1 N–H and O–H groups in total. The number of nitrogens with zero attached hydrogens (tertiary/aromatic N) is 7. The third kappa shape index (κ3) is 2.79. The molecule has 3 heterocycles. The van der Waals surface area contributed by atoms with Gasteiger partial charge in [-0.05, 0) is 24.3 Å². The summed E-state index contributed by atoms with van der Waals surface area (Å²) in [5.74, 6) is 1.11. The van der Waals surface area contributed by atoms with Crippen LogP contribution < -0.4 is 9.80 Å². The molecule has 0 spiro atoms. The Morgan fingerprint density at radius 3 is 2.29 bits per heavy atom. The van der Waals surface area contributed by atoms with Crippen molar-refractivity contribution in [1.82, 2.24) is 25.0 Å². The van der Waals surface area contributed by atoms with Crippen molar-refractivity contribution in [1.29, 1.82) is 0 Å². The summed E-state index contributed by atoms with van der Waals surface area (Å²) in [5, 5.41) is 18.7. The predicted octanol–water partition coefficient (Wildman–Crippen LogP) is 2.24. The van der Waals surface area contributed by atoms with E-state index >= 15 is 0 Å². The molecule has 1 aliphatic rings. The second-order valence-electron chi connectivity index (χ2n) is 6.67. The van der Waals surface area contributed by atoms with Crippen LogP contribution in [-0.4, -0.2) is 56.2 Å². The first kappa shape index (κ1) is 16.5. The standard InChI is InChI=1S/C20H19N7O/c28-17-9-5-4-8-16(17)25-10-12-26(13-11-25)19-18-20(22-14-21-19)27(24-23-18)15-6-2-1-3-7-15/h1-9,14,28H,10-13H2. The van der Waals surface area contributed by atoms with Crippen LogP contribution in [0.5, 0.6) is 5.75 Å². The molecule has 8 heteroatoms. The van der Waals surface area contributed by atoms with E-state index in [9.17, 15) is 5.11 Å². The van der Waals surface area contributed by atoms with Crippen LogP contribution in [0, 0.1) is 0 Å². The quantitative estimate of drug-likeness (QED) is 0.590. The van der Waals surface area contributed by atoms with Crippen LogP contribution in [-0.2, 0) is 0 Å². The fourth-order valence-corrected chi connectivity index (χ4v) is 3.60. The molecule has 28 heavy (non-hydrogen) atoms. The van der Waals surface area contributed by atoms with Gasteiger partial charge >= 0.3 is 0 Å². The highest BCUT2D eigenvalue weighted by atomic mass is 16.3. The van der Waals surface area contributed by atoms with Crippen LogP contribution in [0.1, 0.15) is 0 Å². The summed E-state index contributed by atoms with van der Waals surface area (Å²) >= 11 is 0. The Morgan fingerprint density at radius 2 is 1.50 bits per heavy atom. The molecule has 0 saturated carbocycles. The van der Waals surface area contributed by atoms with Gasteiger partial charge in [0.15, 0.2) is 17.0 Å². The van der Waals surface area contributed by atoms with Crippen molar-refractivity contribution in [2.24, 2.45) is 0 Å². The van der Waals surface area contributed by atoms with Gasteiger partial charge in [-0.15, -0.1) is 5.10 Å². The maximum Gasteiger partial charge on any atom is 0.189 e. The molecule has 8 nitrogen and oxygen atoms in total. The normalized spacial score (nSPS) is 14.6. The number of hydrogen-bond acceptors (Lipinski definition) is 7. The Kier molecular flexibility index (Phi) is 4.01. The maximum absolute atomic E-state index is 10.1. The molecule has 1 aliphatic heterocycles. The Hall–Kier alpha value is -3.68. The van der Waals surface area contributed by atoms with Gasteiger partial charge in [-0.25, -0.2) is 9.97 Å². The van der Waals surface area contributed by atoms with E-state index in [1.165, 1.54) is 0 Å². The molecule has 2 aromatic carbocycles. The zero-order chi connectivity index (χ0) is 18.9. The average Bonchev–Trinajstić information content (AvgIpc) is 3.19. The van der Waals surface area contributed by atoms with Crippen LogP contribution in [0.25, 0.3) is 16.9 Å². The number of aromatic nitrogens is 5. The predicted molar refractivity (Wildman–Crippen MR) is 107 cm³/mol. The van der Waals surface area contributed by atoms with Gasteiger partial charge in [0, 0.05) is 26.2 Å². The Labute approximate surface area is 161 Å². The number of anilines is 2. The van der Waals surface area contributed by atoms with Crippen LogP contribution in [0.15, 0.2) is 60.9 Å². The molecule has 140 valence electrons. The molecular weight excluding hydrogens is 354 g/mol. The lowest BCUT2D eigenvalue weighted by atomic mass is 10.2. The lowest BCUT2D eigenvalue weighted by Crippen LogP contribution is -2.47. The van der Waals surface area contributed by atoms with Gasteiger partial charge in [-0.1, -0.05) is 35.5 Å². The second-order valence-corrected chi connectivity index (χ2v) is 6.67. The lowest BCUT2D eigenvalue weighted by molar-refractivity contribution is 0.472. The topological polar surface area (TPSA) is 83.2 Å². The summed E-state index contributed by atoms with van der Waals surface area (Å²) in [6.45, 7) is 3.13. The molecule has 0 radical (unpaired) electrons. The van der Waals surface area contributed by atoms with Crippen LogP contribution in [0.2, 0.25) is 0 Å². The van der Waals surface area contributed by atoms with Crippen LogP contribution in [0.4, 0.5) is 11.5 Å². The van der Waals surface area contributed by atoms with Crippen molar-refractivity contribution >= 4 is 22.7 Å². The zero-order valence-electron chi connectivity index (χ0n) is 15.2. The van der Waals surface area contributed by atoms with E-state index in [4.69, 9.17) is 0 Å². The minimum atomic E-state index is 0.311. The highest BCUT2D eigenvalue weighted by Crippen LogP contribution is 2.29. The van der Waals surface area contributed by atoms with E-state index in [1.54, 1.807) is 17.1 Å². The minimum absolute atomic E-state index is 0.311. The SMILES string of the molecule is Oc1ccccc1N1CCN(c2ncnc3c2nnn3-c2ccccc2)CC1. The number of fused-ring (bicyclic) bond motifs is 1. The summed E-state index contributed by atoms with van der Waals surface area (Å²) in [7, 11) is 0. The first-order valence-corrected chi connectivity index (χ1v) is 9.21. The summed E-state index contributed by atoms with van der Waals surface area (Å²) in [4.78, 5) is 13.3. The van der Waals surface area contributed by atoms with Gasteiger partial charge in [-0.2, -0.15) is 4.68 Å². The van der Waals surface area contributed by atoms with Crippen molar-refractivity contribution in [3.8, 4) is 11.4 Å². The number of piperazine rings is 1. The first-order valence-electron chi connectivity index (χ1n) is 9.21. The maximum atomic E-state index is 10.1. The van der Waals surface area contributed by atoms with Crippen LogP contribution in [0.3, 0.4) is 0 Å². The van der Waals surface area contributed by atoms with Crippen molar-refractivity contribution in [3.05, 3.63) is 60.9 Å². The molecule has 2 aromatic heterocycles. The summed E-state index contributed by atoms with van der Waals surface area (Å²) < 4.78 is 1.73. The van der Waals surface area contributed by atoms with Gasteiger partial charge in [0.05, 0.1) is 11.4 Å². The molecule has 0 amide bonds. The minimum Gasteiger partial charge on any atom is -0.506 e. The molecule has 5 rings (SSSR count). The largest absolute Gasteiger partial charge is 0.506 e. The zero-order valence-corrected chi connectivity index (χ0v) is 15.2. The van der Waals surface area contributed by atoms with E-state index in [1.807, 2.05) is 48.5 Å². The van der Waals surface area contributed by atoms with Crippen molar-refractivity contribution in [2.45, 2.75) is 0 Å². The highest BCUT2D eigenvalue weighted by Gasteiger charge is 2.23. The summed E-state index contributed by atoms with van der Waals surface area (Å²) in [6, 6.07) is 17.3. The summed E-state index contributed by atoms with van der Waals surface area (Å²) in [6.07, 6.45) is 1.57. The fourth-order valence-electron chi connectivity index (χ4n) is 3.60. The monoisotopic (exact) mass is 373 g/mol. The van der Waals surface area contributed by atoms with E-state index in [2.05, 4.69) is 30.1 Å².